The molecule has 4 heteroatoms. The van der Waals surface area contributed by atoms with Crippen LogP contribution in [0.4, 0.5) is 9.18 Å². The second kappa shape index (κ2) is 3.71. The van der Waals surface area contributed by atoms with Gasteiger partial charge in [0.05, 0.1) is 6.54 Å². The summed E-state index contributed by atoms with van der Waals surface area (Å²) in [6.45, 7) is 0.132. The molecule has 63 valence electrons. The molecule has 3 nitrogen and oxygen atoms in total. The number of carbonyl (C=O) groups excluding carboxylic acids is 1. The van der Waals surface area contributed by atoms with Crippen molar-refractivity contribution in [3.8, 4) is 0 Å². The second-order valence-corrected chi connectivity index (χ2v) is 2.28. The molecule has 0 aromatic heterocycles. The molecule has 1 radical (unpaired) electrons. The Bertz CT molecular complexity index is 288. The molecule has 0 saturated carbocycles. The van der Waals surface area contributed by atoms with Gasteiger partial charge in [0.2, 0.25) is 0 Å². The zero-order chi connectivity index (χ0) is 8.97. The number of amides is 2. The maximum atomic E-state index is 12.5. The van der Waals surface area contributed by atoms with Crippen LogP contribution in [-0.2, 0) is 6.54 Å². The Morgan fingerprint density at radius 3 is 2.92 bits per heavy atom. The van der Waals surface area contributed by atoms with Gasteiger partial charge >= 0.3 is 6.03 Å². The molecule has 2 N–H and O–H groups in total. The number of carbonyl (C=O) groups is 1. The van der Waals surface area contributed by atoms with E-state index >= 15 is 0 Å². The van der Waals surface area contributed by atoms with Crippen LogP contribution in [0.3, 0.4) is 0 Å². The predicted molar refractivity (Wildman–Crippen MR) is 41.8 cm³/mol. The van der Waals surface area contributed by atoms with Gasteiger partial charge in [-0.1, -0.05) is 12.1 Å². The molecule has 0 atom stereocenters. The second-order valence-electron chi connectivity index (χ2n) is 2.28. The van der Waals surface area contributed by atoms with Crippen molar-refractivity contribution in [3.63, 3.8) is 0 Å². The first kappa shape index (κ1) is 8.52. The van der Waals surface area contributed by atoms with Crippen molar-refractivity contribution in [1.29, 1.82) is 0 Å². The van der Waals surface area contributed by atoms with Crippen LogP contribution in [-0.4, -0.2) is 6.03 Å². The number of urea groups is 1. The van der Waals surface area contributed by atoms with E-state index in [0.29, 0.717) is 5.56 Å². The molecule has 12 heavy (non-hydrogen) atoms. The van der Waals surface area contributed by atoms with E-state index in [-0.39, 0.29) is 12.4 Å². The Balaban J connectivity index is 2.57. The van der Waals surface area contributed by atoms with Crippen LogP contribution in [0.25, 0.3) is 0 Å². The first-order chi connectivity index (χ1) is 5.68. The van der Waals surface area contributed by atoms with Gasteiger partial charge in [0.1, 0.15) is 5.82 Å². The fourth-order valence-corrected chi connectivity index (χ4v) is 0.805. The number of benzene rings is 1. The Labute approximate surface area is 69.4 Å². The molecule has 2 amide bonds. The third kappa shape index (κ3) is 2.57. The minimum atomic E-state index is -0.737. The molecule has 1 aromatic carbocycles. The average molecular weight is 167 g/mol. The summed E-state index contributed by atoms with van der Waals surface area (Å²) in [4.78, 5) is 10.2. The van der Waals surface area contributed by atoms with Crippen molar-refractivity contribution in [2.24, 2.45) is 5.73 Å². The van der Waals surface area contributed by atoms with Gasteiger partial charge in [0.25, 0.3) is 0 Å². The topological polar surface area (TPSA) is 57.2 Å². The van der Waals surface area contributed by atoms with Crippen LogP contribution in [0, 0.1) is 5.82 Å². The standard InChI is InChI=1S/C8H8FN2O/c9-7-3-1-2-6(4-7)5-11-8(10)12/h1-4H,5H2,(H2,10,12). The van der Waals surface area contributed by atoms with E-state index in [4.69, 9.17) is 5.73 Å². The molecule has 0 bridgehead atoms. The largest absolute Gasteiger partial charge is 0.350 e. The minimum Gasteiger partial charge on any atom is -0.350 e. The maximum absolute atomic E-state index is 12.5. The zero-order valence-corrected chi connectivity index (χ0v) is 6.33. The molecule has 1 aromatic rings. The van der Waals surface area contributed by atoms with Gasteiger partial charge in [-0.25, -0.2) is 14.5 Å². The normalized spacial score (nSPS) is 9.42. The highest BCUT2D eigenvalue weighted by Crippen LogP contribution is 2.02. The lowest BCUT2D eigenvalue weighted by Crippen LogP contribution is -2.21. The summed E-state index contributed by atoms with van der Waals surface area (Å²) in [5.41, 5.74) is 5.41. The fraction of sp³-hybridized carbons (Fsp3) is 0.125. The summed E-state index contributed by atoms with van der Waals surface area (Å²) in [6, 6.07) is 5.14. The number of halogens is 1. The molecule has 1 rings (SSSR count). The van der Waals surface area contributed by atoms with E-state index in [1.807, 2.05) is 0 Å². The molecule has 0 heterocycles. The average Bonchev–Trinajstić information content (AvgIpc) is 2.01. The third-order valence-electron chi connectivity index (χ3n) is 1.31. The van der Waals surface area contributed by atoms with Crippen molar-refractivity contribution < 1.29 is 9.18 Å². The maximum Gasteiger partial charge on any atom is 0.334 e. The summed E-state index contributed by atoms with van der Waals surface area (Å²) in [5.74, 6) is -0.341. The van der Waals surface area contributed by atoms with Gasteiger partial charge in [-0.2, -0.15) is 0 Å². The molecule has 0 spiro atoms. The highest BCUT2D eigenvalue weighted by molar-refractivity contribution is 5.71. The third-order valence-corrected chi connectivity index (χ3v) is 1.31. The lowest BCUT2D eigenvalue weighted by molar-refractivity contribution is 0.248. The Morgan fingerprint density at radius 2 is 2.33 bits per heavy atom. The minimum absolute atomic E-state index is 0.132. The lowest BCUT2D eigenvalue weighted by Gasteiger charge is -1.98. The molecular formula is C8H8FN2O. The van der Waals surface area contributed by atoms with Gasteiger partial charge in [-0.15, -0.1) is 0 Å². The van der Waals surface area contributed by atoms with E-state index < -0.39 is 6.03 Å². The summed E-state index contributed by atoms with van der Waals surface area (Å²) >= 11 is 0. The van der Waals surface area contributed by atoms with E-state index in [9.17, 15) is 9.18 Å². The number of nitrogens with two attached hydrogens (primary N) is 1. The van der Waals surface area contributed by atoms with Crippen molar-refractivity contribution in [2.45, 2.75) is 6.54 Å². The smallest absolute Gasteiger partial charge is 0.334 e. The van der Waals surface area contributed by atoms with Gasteiger partial charge < -0.3 is 5.73 Å². The van der Waals surface area contributed by atoms with Gasteiger partial charge in [0, 0.05) is 0 Å². The van der Waals surface area contributed by atoms with E-state index in [0.717, 1.165) is 0 Å². The van der Waals surface area contributed by atoms with Gasteiger partial charge in [-0.05, 0) is 17.7 Å². The molecule has 0 aliphatic rings. The monoisotopic (exact) mass is 167 g/mol. The first-order valence-corrected chi connectivity index (χ1v) is 3.40. The SMILES string of the molecule is NC(=O)[N]Cc1cccc(F)c1. The number of nitrogens with zero attached hydrogens (tertiary/aromatic N) is 1. The van der Waals surface area contributed by atoms with Crippen LogP contribution >= 0.6 is 0 Å². The van der Waals surface area contributed by atoms with E-state index in [2.05, 4.69) is 5.32 Å². The van der Waals surface area contributed by atoms with Gasteiger partial charge in [-0.3, -0.25) is 0 Å². The molecule has 0 unspecified atom stereocenters. The summed E-state index contributed by atoms with van der Waals surface area (Å²) in [6.07, 6.45) is 0. The molecule has 0 saturated heterocycles. The van der Waals surface area contributed by atoms with Crippen LogP contribution < -0.4 is 11.1 Å². The Hall–Kier alpha value is -1.58. The Kier molecular flexibility index (Phi) is 2.63. The number of hydrogen-bond donors (Lipinski definition) is 1. The zero-order valence-electron chi connectivity index (χ0n) is 6.33. The molecule has 0 aliphatic carbocycles. The first-order valence-electron chi connectivity index (χ1n) is 3.40. The predicted octanol–water partition coefficient (Wildman–Crippen LogP) is 1.01. The Morgan fingerprint density at radius 1 is 1.58 bits per heavy atom. The summed E-state index contributed by atoms with van der Waals surface area (Å²) in [5, 5.41) is 3.41. The van der Waals surface area contributed by atoms with Crippen molar-refractivity contribution in [2.75, 3.05) is 0 Å². The van der Waals surface area contributed by atoms with Crippen LogP contribution in [0.1, 0.15) is 5.56 Å². The lowest BCUT2D eigenvalue weighted by atomic mass is 10.2. The van der Waals surface area contributed by atoms with Crippen LogP contribution in [0.5, 0.6) is 0 Å². The highest BCUT2D eigenvalue weighted by Gasteiger charge is 1.97. The van der Waals surface area contributed by atoms with Gasteiger partial charge in [0.15, 0.2) is 0 Å². The fourth-order valence-electron chi connectivity index (χ4n) is 0.805. The number of primary amides is 1. The van der Waals surface area contributed by atoms with Crippen molar-refractivity contribution in [3.05, 3.63) is 35.6 Å². The summed E-state index contributed by atoms with van der Waals surface area (Å²) < 4.78 is 12.5. The van der Waals surface area contributed by atoms with Crippen LogP contribution in [0.2, 0.25) is 0 Å². The summed E-state index contributed by atoms with van der Waals surface area (Å²) in [7, 11) is 0. The molecule has 0 aliphatic heterocycles. The number of rotatable bonds is 2. The van der Waals surface area contributed by atoms with Crippen molar-refractivity contribution in [1.82, 2.24) is 5.32 Å². The molecule has 0 fully saturated rings. The molecular weight excluding hydrogens is 159 g/mol. The number of hydrogen-bond acceptors (Lipinski definition) is 1. The highest BCUT2D eigenvalue weighted by atomic mass is 19.1. The van der Waals surface area contributed by atoms with E-state index in [1.54, 1.807) is 12.1 Å². The van der Waals surface area contributed by atoms with Crippen molar-refractivity contribution >= 4 is 6.03 Å². The van der Waals surface area contributed by atoms with Crippen LogP contribution in [0.15, 0.2) is 24.3 Å². The van der Waals surface area contributed by atoms with E-state index in [1.165, 1.54) is 12.1 Å². The quantitative estimate of drug-likeness (QED) is 0.702.